The van der Waals surface area contributed by atoms with E-state index >= 15 is 0 Å². The van der Waals surface area contributed by atoms with Crippen LogP contribution in [0.1, 0.15) is 33.1 Å². The molecule has 1 amide bonds. The molecule has 1 aliphatic rings. The summed E-state index contributed by atoms with van der Waals surface area (Å²) in [6, 6.07) is 7.41. The Morgan fingerprint density at radius 2 is 1.92 bits per heavy atom. The molecule has 0 radical (unpaired) electrons. The molecule has 1 aliphatic heterocycles. The largest absolute Gasteiger partial charge is 0.490 e. The summed E-state index contributed by atoms with van der Waals surface area (Å²) in [6.07, 6.45) is 1.32. The fraction of sp³-hybridized carbons (Fsp3) is 0.588. The van der Waals surface area contributed by atoms with Crippen LogP contribution in [-0.4, -0.2) is 44.6 Å². The lowest BCUT2D eigenvalue weighted by molar-refractivity contribution is -0.122. The van der Waals surface area contributed by atoms with Crippen LogP contribution in [0.5, 0.6) is 11.5 Å². The number of amides is 1. The molecule has 7 heteroatoms. The molecule has 0 unspecified atom stereocenters. The predicted octanol–water partition coefficient (Wildman–Crippen LogP) is 1.94. The van der Waals surface area contributed by atoms with E-state index in [0.29, 0.717) is 44.0 Å². The Morgan fingerprint density at radius 3 is 2.50 bits per heavy atom. The van der Waals surface area contributed by atoms with Gasteiger partial charge in [0.1, 0.15) is 0 Å². The molecule has 6 nitrogen and oxygen atoms in total. The Hall–Kier alpha value is -1.76. The zero-order valence-electron chi connectivity index (χ0n) is 14.2. The van der Waals surface area contributed by atoms with Crippen LogP contribution >= 0.6 is 0 Å². The van der Waals surface area contributed by atoms with Crippen molar-refractivity contribution in [2.24, 2.45) is 0 Å². The van der Waals surface area contributed by atoms with Crippen molar-refractivity contribution in [3.63, 3.8) is 0 Å². The van der Waals surface area contributed by atoms with Gasteiger partial charge in [-0.25, -0.2) is 8.42 Å². The summed E-state index contributed by atoms with van der Waals surface area (Å²) in [4.78, 5) is 12.0. The third-order valence-electron chi connectivity index (χ3n) is 3.90. The summed E-state index contributed by atoms with van der Waals surface area (Å²) >= 11 is 0. The minimum absolute atomic E-state index is 0.0178. The topological polar surface area (TPSA) is 81.7 Å². The highest BCUT2D eigenvalue weighted by Gasteiger charge is 2.39. The number of hydrogen-bond donors (Lipinski definition) is 1. The van der Waals surface area contributed by atoms with Crippen molar-refractivity contribution < 1.29 is 22.7 Å². The van der Waals surface area contributed by atoms with Crippen molar-refractivity contribution in [3.05, 3.63) is 24.3 Å². The first-order valence-corrected chi connectivity index (χ1v) is 10.0. The van der Waals surface area contributed by atoms with Gasteiger partial charge in [0, 0.05) is 6.42 Å². The summed E-state index contributed by atoms with van der Waals surface area (Å²) in [7, 11) is -3.02. The van der Waals surface area contributed by atoms with Crippen LogP contribution in [0.15, 0.2) is 24.3 Å². The number of carbonyl (C=O) groups excluding carboxylic acids is 1. The van der Waals surface area contributed by atoms with E-state index in [9.17, 15) is 13.2 Å². The highest BCUT2D eigenvalue weighted by Crippen LogP contribution is 2.26. The van der Waals surface area contributed by atoms with E-state index < -0.39 is 15.4 Å². The summed E-state index contributed by atoms with van der Waals surface area (Å²) in [6.45, 7) is 4.64. The Morgan fingerprint density at radius 1 is 1.25 bits per heavy atom. The van der Waals surface area contributed by atoms with Gasteiger partial charge in [-0.05, 0) is 38.8 Å². The van der Waals surface area contributed by atoms with Crippen molar-refractivity contribution in [1.29, 1.82) is 0 Å². The van der Waals surface area contributed by atoms with Gasteiger partial charge in [-0.3, -0.25) is 4.79 Å². The molecule has 1 aromatic rings. The zero-order valence-corrected chi connectivity index (χ0v) is 15.0. The molecule has 1 fully saturated rings. The molecular formula is C17H25NO5S. The highest BCUT2D eigenvalue weighted by atomic mass is 32.2. The first kappa shape index (κ1) is 18.6. The van der Waals surface area contributed by atoms with Gasteiger partial charge < -0.3 is 14.8 Å². The van der Waals surface area contributed by atoms with Crippen molar-refractivity contribution in [2.75, 3.05) is 24.7 Å². The second-order valence-corrected chi connectivity index (χ2v) is 8.47. The first-order chi connectivity index (χ1) is 11.3. The minimum Gasteiger partial charge on any atom is -0.490 e. The van der Waals surface area contributed by atoms with Gasteiger partial charge in [0.05, 0.1) is 30.3 Å². The minimum atomic E-state index is -3.02. The fourth-order valence-corrected chi connectivity index (χ4v) is 4.86. The average molecular weight is 355 g/mol. The molecule has 1 N–H and O–H groups in total. The molecule has 0 spiro atoms. The number of rotatable bonds is 8. The van der Waals surface area contributed by atoms with Gasteiger partial charge in [0.25, 0.3) is 0 Å². The van der Waals surface area contributed by atoms with Crippen molar-refractivity contribution in [1.82, 2.24) is 5.32 Å². The number of hydrogen-bond acceptors (Lipinski definition) is 5. The maximum Gasteiger partial charge on any atom is 0.220 e. The average Bonchev–Trinajstić information content (AvgIpc) is 2.78. The van der Waals surface area contributed by atoms with Crippen LogP contribution in [0.25, 0.3) is 0 Å². The summed E-state index contributed by atoms with van der Waals surface area (Å²) in [5, 5.41) is 2.84. The maximum absolute atomic E-state index is 12.0. The standard InChI is InChI=1S/C17H25NO5S/c1-3-22-14-7-4-5-8-15(14)23-11-6-9-16(19)18-17(2)10-12-24(20,21)13-17/h4-5,7-8H,3,6,9-13H2,1-2H3,(H,18,19)/t17-/m0/s1. The molecule has 0 aliphatic carbocycles. The molecular weight excluding hydrogens is 330 g/mol. The summed E-state index contributed by atoms with van der Waals surface area (Å²) in [5.74, 6) is 1.36. The first-order valence-electron chi connectivity index (χ1n) is 8.20. The fourth-order valence-electron chi connectivity index (χ4n) is 2.77. The zero-order chi connectivity index (χ0) is 17.6. The van der Waals surface area contributed by atoms with Gasteiger partial charge in [-0.1, -0.05) is 12.1 Å². The molecule has 0 saturated carbocycles. The van der Waals surface area contributed by atoms with E-state index in [0.717, 1.165) is 0 Å². The SMILES string of the molecule is CCOc1ccccc1OCCCC(=O)N[C@@]1(C)CCS(=O)(=O)C1. The van der Waals surface area contributed by atoms with E-state index in [-0.39, 0.29) is 17.4 Å². The molecule has 1 saturated heterocycles. The van der Waals surface area contributed by atoms with Crippen molar-refractivity contribution in [3.8, 4) is 11.5 Å². The number of ether oxygens (including phenoxy) is 2. The molecule has 0 bridgehead atoms. The molecule has 0 aromatic heterocycles. The van der Waals surface area contributed by atoms with E-state index in [1.807, 2.05) is 31.2 Å². The summed E-state index contributed by atoms with van der Waals surface area (Å²) < 4.78 is 34.2. The molecule has 24 heavy (non-hydrogen) atoms. The van der Waals surface area contributed by atoms with Gasteiger partial charge in [-0.2, -0.15) is 0 Å². The Labute approximate surface area is 143 Å². The normalized spacial score (nSPS) is 22.1. The van der Waals surface area contributed by atoms with Crippen LogP contribution < -0.4 is 14.8 Å². The molecule has 134 valence electrons. The summed E-state index contributed by atoms with van der Waals surface area (Å²) in [5.41, 5.74) is -0.641. The quantitative estimate of drug-likeness (QED) is 0.721. The van der Waals surface area contributed by atoms with Crippen molar-refractivity contribution >= 4 is 15.7 Å². The molecule has 1 aromatic carbocycles. The number of sulfone groups is 1. The monoisotopic (exact) mass is 355 g/mol. The second-order valence-electron chi connectivity index (χ2n) is 6.28. The van der Waals surface area contributed by atoms with Crippen LogP contribution in [0.2, 0.25) is 0 Å². The lowest BCUT2D eigenvalue weighted by Gasteiger charge is -2.23. The lowest BCUT2D eigenvalue weighted by atomic mass is 10.0. The van der Waals surface area contributed by atoms with Gasteiger partial charge in [0.15, 0.2) is 21.3 Å². The second kappa shape index (κ2) is 7.88. The number of nitrogens with one attached hydrogen (secondary N) is 1. The van der Waals surface area contributed by atoms with Crippen molar-refractivity contribution in [2.45, 2.75) is 38.6 Å². The van der Waals surface area contributed by atoms with E-state index in [2.05, 4.69) is 5.32 Å². The van der Waals surface area contributed by atoms with Gasteiger partial charge in [-0.15, -0.1) is 0 Å². The van der Waals surface area contributed by atoms with E-state index in [1.165, 1.54) is 0 Å². The maximum atomic E-state index is 12.0. The third-order valence-corrected chi connectivity index (χ3v) is 5.80. The highest BCUT2D eigenvalue weighted by molar-refractivity contribution is 7.91. The molecule has 2 rings (SSSR count). The number of benzene rings is 1. The van der Waals surface area contributed by atoms with Crippen LogP contribution in [0.4, 0.5) is 0 Å². The van der Waals surface area contributed by atoms with Crippen LogP contribution in [0, 0.1) is 0 Å². The van der Waals surface area contributed by atoms with Crippen LogP contribution in [0.3, 0.4) is 0 Å². The number of carbonyl (C=O) groups is 1. The predicted molar refractivity (Wildman–Crippen MR) is 92.2 cm³/mol. The Kier molecular flexibility index (Phi) is 6.10. The van der Waals surface area contributed by atoms with Gasteiger partial charge in [0.2, 0.25) is 5.91 Å². The number of para-hydroxylation sites is 2. The smallest absolute Gasteiger partial charge is 0.220 e. The molecule has 1 heterocycles. The van der Waals surface area contributed by atoms with Crippen LogP contribution in [-0.2, 0) is 14.6 Å². The third kappa shape index (κ3) is 5.40. The lowest BCUT2D eigenvalue weighted by Crippen LogP contribution is -2.46. The molecule has 1 atom stereocenters. The Balaban J connectivity index is 1.74. The van der Waals surface area contributed by atoms with Gasteiger partial charge >= 0.3 is 0 Å². The van der Waals surface area contributed by atoms with E-state index in [4.69, 9.17) is 9.47 Å². The van der Waals surface area contributed by atoms with E-state index in [1.54, 1.807) is 6.92 Å². The Bertz CT molecular complexity index is 673.